The van der Waals surface area contributed by atoms with E-state index >= 15 is 4.79 Å². The Labute approximate surface area is 379 Å². The first-order chi connectivity index (χ1) is 31.0. The molecule has 18 heteroatoms. The number of hydrogen-bond acceptors (Lipinski definition) is 13. The van der Waals surface area contributed by atoms with Gasteiger partial charge in [-0.3, -0.25) is 38.6 Å². The Morgan fingerprint density at radius 3 is 2.23 bits per heavy atom. The van der Waals surface area contributed by atoms with Gasteiger partial charge in [0.05, 0.1) is 48.7 Å². The molecule has 4 fully saturated rings. The van der Waals surface area contributed by atoms with Gasteiger partial charge in [0.1, 0.15) is 11.8 Å². The zero-order valence-electron chi connectivity index (χ0n) is 37.4. The number of ether oxygens (including phenoxy) is 3. The quantitative estimate of drug-likeness (QED) is 0.229. The molecule has 2 aromatic rings. The summed E-state index contributed by atoms with van der Waals surface area (Å²) >= 11 is 0. The van der Waals surface area contributed by atoms with Crippen LogP contribution in [0.2, 0.25) is 0 Å². The third kappa shape index (κ3) is 10.1. The number of nitrogens with one attached hydrogen (secondary N) is 2. The SMILES string of the molecule is C=C[C@H]1C[C@@]1(CC(=O)C1C[C@@H](OC(=O)N2Cc3cc4c(cc3C2)OCCCO4)CN1C(=O)[C@@H](CC(=O)[C@@H](NC(=O)c1cnccn1)C1CCCCC1)C(C)(C)C)C(=O)NS(=O)(=O)C1CC1. The van der Waals surface area contributed by atoms with Gasteiger partial charge in [-0.15, -0.1) is 6.58 Å². The van der Waals surface area contributed by atoms with Gasteiger partial charge in [0.2, 0.25) is 21.8 Å². The van der Waals surface area contributed by atoms with Crippen LogP contribution in [0.15, 0.2) is 43.4 Å². The topological polar surface area (TPSA) is 221 Å². The largest absolute Gasteiger partial charge is 0.490 e. The maximum Gasteiger partial charge on any atom is 0.410 e. The second kappa shape index (κ2) is 18.5. The third-order valence-electron chi connectivity index (χ3n) is 14.1. The minimum atomic E-state index is -3.93. The minimum Gasteiger partial charge on any atom is -0.490 e. The fourth-order valence-corrected chi connectivity index (χ4v) is 11.4. The summed E-state index contributed by atoms with van der Waals surface area (Å²) in [6, 6.07) is 1.68. The van der Waals surface area contributed by atoms with Crippen molar-refractivity contribution < 1.29 is 51.4 Å². The van der Waals surface area contributed by atoms with Crippen molar-refractivity contribution in [2.45, 2.75) is 134 Å². The van der Waals surface area contributed by atoms with Crippen LogP contribution >= 0.6 is 0 Å². The molecule has 1 aromatic heterocycles. The number of likely N-dealkylation sites (tertiary alicyclic amines) is 1. The summed E-state index contributed by atoms with van der Waals surface area (Å²) in [5, 5.41) is 2.26. The molecule has 3 aliphatic heterocycles. The van der Waals surface area contributed by atoms with Crippen LogP contribution in [0, 0.1) is 28.6 Å². The Hall–Kier alpha value is -5.39. The van der Waals surface area contributed by atoms with E-state index in [4.69, 9.17) is 14.2 Å². The zero-order valence-corrected chi connectivity index (χ0v) is 38.2. The van der Waals surface area contributed by atoms with Gasteiger partial charge in [0, 0.05) is 57.1 Å². The van der Waals surface area contributed by atoms with E-state index in [9.17, 15) is 32.4 Å². The molecule has 0 bridgehead atoms. The average molecular weight is 917 g/mol. The van der Waals surface area contributed by atoms with E-state index < -0.39 is 85.7 Å². The molecule has 1 unspecified atom stereocenters. The second-order valence-corrected chi connectivity index (χ2v) is 21.7. The second-order valence-electron chi connectivity index (χ2n) is 19.8. The summed E-state index contributed by atoms with van der Waals surface area (Å²) in [6.45, 7) is 10.7. The molecular formula is C47H60N6O11S. The zero-order chi connectivity index (χ0) is 46.3. The van der Waals surface area contributed by atoms with Crippen molar-refractivity contribution in [3.8, 4) is 11.5 Å². The lowest BCUT2D eigenvalue weighted by Crippen LogP contribution is -2.51. The van der Waals surface area contributed by atoms with Crippen LogP contribution in [0.3, 0.4) is 0 Å². The first-order valence-electron chi connectivity index (χ1n) is 23.0. The number of hydrogen-bond donors (Lipinski definition) is 2. The number of rotatable bonds is 15. The molecule has 4 amide bonds. The molecule has 1 saturated heterocycles. The molecule has 17 nitrogen and oxygen atoms in total. The molecule has 2 N–H and O–H groups in total. The van der Waals surface area contributed by atoms with E-state index in [-0.39, 0.29) is 62.7 Å². The number of sulfonamides is 1. The van der Waals surface area contributed by atoms with Gasteiger partial charge >= 0.3 is 6.09 Å². The van der Waals surface area contributed by atoms with Crippen molar-refractivity contribution in [3.05, 3.63) is 60.2 Å². The minimum absolute atomic E-state index is 0.0601. The van der Waals surface area contributed by atoms with Crippen LogP contribution in [0.25, 0.3) is 0 Å². The van der Waals surface area contributed by atoms with Gasteiger partial charge in [-0.05, 0) is 72.6 Å². The van der Waals surface area contributed by atoms with Gasteiger partial charge in [0.15, 0.2) is 23.1 Å². The van der Waals surface area contributed by atoms with E-state index in [0.717, 1.165) is 49.7 Å². The highest BCUT2D eigenvalue weighted by atomic mass is 32.2. The number of amides is 4. The number of Topliss-reactive ketones (excluding diaryl/α,β-unsaturated/α-hetero) is 2. The smallest absolute Gasteiger partial charge is 0.410 e. The van der Waals surface area contributed by atoms with Gasteiger partial charge in [-0.25, -0.2) is 18.2 Å². The van der Waals surface area contributed by atoms with E-state index in [2.05, 4.69) is 26.6 Å². The average Bonchev–Trinajstić information content (AvgIpc) is 4.19. The number of nitrogens with zero attached hydrogens (tertiary/aromatic N) is 4. The lowest BCUT2D eigenvalue weighted by atomic mass is 9.74. The Balaban J connectivity index is 1.04. The number of allylic oxidation sites excluding steroid dienone is 1. The van der Waals surface area contributed by atoms with Gasteiger partial charge in [-0.1, -0.05) is 46.1 Å². The fraction of sp³-hybridized carbons (Fsp3) is 0.617. The van der Waals surface area contributed by atoms with Crippen molar-refractivity contribution in [2.24, 2.45) is 28.6 Å². The van der Waals surface area contributed by atoms with E-state index in [0.29, 0.717) is 37.6 Å². The first-order valence-corrected chi connectivity index (χ1v) is 24.5. The molecule has 6 aliphatic rings. The number of carbonyl (C=O) groups excluding carboxylic acids is 6. The number of fused-ring (bicyclic) bond motifs is 2. The van der Waals surface area contributed by atoms with Gasteiger partial charge < -0.3 is 24.4 Å². The summed E-state index contributed by atoms with van der Waals surface area (Å²) in [7, 11) is -3.93. The van der Waals surface area contributed by atoms with Crippen molar-refractivity contribution >= 4 is 45.4 Å². The highest BCUT2D eigenvalue weighted by Gasteiger charge is 2.61. The molecule has 6 atom stereocenters. The summed E-state index contributed by atoms with van der Waals surface area (Å²) in [5.74, 6) is -3.05. The van der Waals surface area contributed by atoms with E-state index in [1.807, 2.05) is 32.9 Å². The lowest BCUT2D eigenvalue weighted by molar-refractivity contribution is -0.146. The molecule has 3 aliphatic carbocycles. The lowest BCUT2D eigenvalue weighted by Gasteiger charge is -2.36. The molecule has 4 heterocycles. The summed E-state index contributed by atoms with van der Waals surface area (Å²) in [6.07, 6.45) is 9.50. The number of ketones is 2. The normalized spacial score (nSPS) is 25.1. The maximum atomic E-state index is 15.1. The fourth-order valence-electron chi connectivity index (χ4n) is 9.99. The van der Waals surface area contributed by atoms with Crippen LogP contribution < -0.4 is 19.5 Å². The molecule has 3 saturated carbocycles. The summed E-state index contributed by atoms with van der Waals surface area (Å²) in [5.41, 5.74) is -0.381. The van der Waals surface area contributed by atoms with Crippen molar-refractivity contribution in [1.82, 2.24) is 29.8 Å². The summed E-state index contributed by atoms with van der Waals surface area (Å²) < 4.78 is 45.8. The number of aromatic nitrogens is 2. The Morgan fingerprint density at radius 2 is 1.65 bits per heavy atom. The Kier molecular flexibility index (Phi) is 13.1. The molecule has 0 radical (unpaired) electrons. The standard InChI is InChI=1S/C47H60N6O11S/c1-5-31-22-47(31,44(58)51-65(60,61)33-12-13-33)23-38(55)36-20-32(64-45(59)52-25-29-18-39-40(19-30(29)26-52)63-17-9-16-62-39)27-53(36)43(57)34(46(2,3)4)21-37(54)41(28-10-7-6-8-11-28)50-42(56)35-24-48-14-15-49-35/h5,14-15,18-19,24,28,31-34,36,41H,1,6-13,16-17,20-23,25-27H2,2-4H3,(H,50,56)(H,51,58)/t31-,32+,34+,36?,41-,47-/m0/s1. The molecule has 8 rings (SSSR count). The Bertz CT molecular complexity index is 2290. The van der Waals surface area contributed by atoms with Crippen LogP contribution in [0.1, 0.15) is 119 Å². The first kappa shape index (κ1) is 46.2. The Morgan fingerprint density at radius 1 is 0.969 bits per heavy atom. The van der Waals surface area contributed by atoms with Crippen LogP contribution in [-0.2, 0) is 47.0 Å². The van der Waals surface area contributed by atoms with Crippen molar-refractivity contribution in [3.63, 3.8) is 0 Å². The van der Waals surface area contributed by atoms with E-state index in [1.165, 1.54) is 34.5 Å². The maximum absolute atomic E-state index is 15.1. The monoisotopic (exact) mass is 916 g/mol. The molecule has 0 spiro atoms. The van der Waals surface area contributed by atoms with Gasteiger partial charge in [-0.2, -0.15) is 0 Å². The summed E-state index contributed by atoms with van der Waals surface area (Å²) in [4.78, 5) is 96.5. The highest BCUT2D eigenvalue weighted by Crippen LogP contribution is 2.57. The van der Waals surface area contributed by atoms with E-state index in [1.54, 1.807) is 0 Å². The highest BCUT2D eigenvalue weighted by molar-refractivity contribution is 7.90. The predicted octanol–water partition coefficient (Wildman–Crippen LogP) is 4.82. The van der Waals surface area contributed by atoms with Crippen LogP contribution in [0.5, 0.6) is 11.5 Å². The molecule has 1 aromatic carbocycles. The molecular weight excluding hydrogens is 857 g/mol. The third-order valence-corrected chi connectivity index (χ3v) is 15.9. The number of benzene rings is 1. The van der Waals surface area contributed by atoms with Crippen LogP contribution in [-0.4, -0.2) is 107 Å². The molecule has 350 valence electrons. The van der Waals surface area contributed by atoms with Crippen LogP contribution in [0.4, 0.5) is 4.79 Å². The van der Waals surface area contributed by atoms with Gasteiger partial charge in [0.25, 0.3) is 5.91 Å². The van der Waals surface area contributed by atoms with Crippen molar-refractivity contribution in [2.75, 3.05) is 19.8 Å². The predicted molar refractivity (Wildman–Crippen MR) is 235 cm³/mol. The molecule has 65 heavy (non-hydrogen) atoms. The number of carbonyl (C=O) groups is 6. The van der Waals surface area contributed by atoms with Crippen molar-refractivity contribution in [1.29, 1.82) is 0 Å².